The lowest BCUT2D eigenvalue weighted by molar-refractivity contribution is -0.121. The van der Waals surface area contributed by atoms with Gasteiger partial charge in [-0.15, -0.1) is 0 Å². The number of amides is 2. The molecule has 0 spiro atoms. The summed E-state index contributed by atoms with van der Waals surface area (Å²) in [7, 11) is 0. The number of hydrogen-bond acceptors (Lipinski definition) is 3. The fraction of sp³-hybridized carbons (Fsp3) is 0.611. The maximum Gasteiger partial charge on any atom is 0.246 e. The van der Waals surface area contributed by atoms with Crippen LogP contribution in [0, 0.1) is 0 Å². The van der Waals surface area contributed by atoms with Crippen LogP contribution < -0.4 is 10.6 Å². The van der Waals surface area contributed by atoms with Gasteiger partial charge in [-0.25, -0.2) is 4.98 Å². The molecule has 1 aromatic heterocycles. The highest BCUT2D eigenvalue weighted by Gasteiger charge is 2.02. The van der Waals surface area contributed by atoms with Crippen molar-refractivity contribution in [3.05, 3.63) is 30.9 Å². The fourth-order valence-corrected chi connectivity index (χ4v) is 2.29. The molecular weight excluding hydrogens is 304 g/mol. The quantitative estimate of drug-likeness (QED) is 0.430. The number of rotatable bonds is 13. The van der Waals surface area contributed by atoms with Gasteiger partial charge in [0.05, 0.1) is 6.33 Å². The SMILES string of the molecule is C=C(C)C(=O)NCCCNC(=O)CCCCCCCn1ccnc1. The van der Waals surface area contributed by atoms with E-state index in [2.05, 4.69) is 26.8 Å². The monoisotopic (exact) mass is 334 g/mol. The minimum Gasteiger partial charge on any atom is -0.356 e. The lowest BCUT2D eigenvalue weighted by atomic mass is 10.1. The van der Waals surface area contributed by atoms with Crippen molar-refractivity contribution in [1.82, 2.24) is 20.2 Å². The first-order valence-electron chi connectivity index (χ1n) is 8.75. The Morgan fingerprint density at radius 2 is 1.75 bits per heavy atom. The third kappa shape index (κ3) is 9.82. The van der Waals surface area contributed by atoms with Gasteiger partial charge in [-0.2, -0.15) is 0 Å². The third-order valence-electron chi connectivity index (χ3n) is 3.73. The molecular formula is C18H30N4O2. The maximum atomic E-state index is 11.7. The van der Waals surface area contributed by atoms with Crippen molar-refractivity contribution >= 4 is 11.8 Å². The van der Waals surface area contributed by atoms with E-state index in [1.54, 1.807) is 13.1 Å². The van der Waals surface area contributed by atoms with E-state index < -0.39 is 0 Å². The van der Waals surface area contributed by atoms with Crippen LogP contribution in [0.5, 0.6) is 0 Å². The highest BCUT2D eigenvalue weighted by molar-refractivity contribution is 5.92. The van der Waals surface area contributed by atoms with Gasteiger partial charge in [0.15, 0.2) is 0 Å². The molecule has 1 heterocycles. The Morgan fingerprint density at radius 1 is 1.04 bits per heavy atom. The number of aryl methyl sites for hydroxylation is 1. The summed E-state index contributed by atoms with van der Waals surface area (Å²) in [6.45, 7) is 7.42. The van der Waals surface area contributed by atoms with E-state index >= 15 is 0 Å². The second kappa shape index (κ2) is 12.3. The molecule has 1 aromatic rings. The number of unbranched alkanes of at least 4 members (excludes halogenated alkanes) is 4. The zero-order chi connectivity index (χ0) is 17.6. The van der Waals surface area contributed by atoms with Gasteiger partial charge in [-0.05, 0) is 26.2 Å². The summed E-state index contributed by atoms with van der Waals surface area (Å²) in [5, 5.41) is 5.63. The second-order valence-corrected chi connectivity index (χ2v) is 6.06. The van der Waals surface area contributed by atoms with Gasteiger partial charge in [0.2, 0.25) is 11.8 Å². The van der Waals surface area contributed by atoms with Gasteiger partial charge in [0.1, 0.15) is 0 Å². The normalized spacial score (nSPS) is 10.4. The van der Waals surface area contributed by atoms with Crippen LogP contribution >= 0.6 is 0 Å². The number of hydrogen-bond donors (Lipinski definition) is 2. The predicted molar refractivity (Wildman–Crippen MR) is 95.4 cm³/mol. The molecule has 0 aromatic carbocycles. The van der Waals surface area contributed by atoms with Crippen LogP contribution in [0.15, 0.2) is 30.9 Å². The molecule has 0 fully saturated rings. The van der Waals surface area contributed by atoms with Gasteiger partial charge >= 0.3 is 0 Å². The highest BCUT2D eigenvalue weighted by Crippen LogP contribution is 2.06. The molecule has 0 bridgehead atoms. The van der Waals surface area contributed by atoms with Crippen LogP contribution in [0.25, 0.3) is 0 Å². The summed E-state index contributed by atoms with van der Waals surface area (Å²) in [5.41, 5.74) is 0.504. The van der Waals surface area contributed by atoms with Crippen LogP contribution in [0.3, 0.4) is 0 Å². The number of aromatic nitrogens is 2. The molecule has 2 amide bonds. The summed E-state index contributed by atoms with van der Waals surface area (Å²) in [6, 6.07) is 0. The Hall–Kier alpha value is -2.11. The number of nitrogens with zero attached hydrogens (tertiary/aromatic N) is 2. The Bertz CT molecular complexity index is 497. The molecule has 2 N–H and O–H groups in total. The zero-order valence-corrected chi connectivity index (χ0v) is 14.7. The van der Waals surface area contributed by atoms with Crippen molar-refractivity contribution in [2.75, 3.05) is 13.1 Å². The smallest absolute Gasteiger partial charge is 0.246 e. The van der Waals surface area contributed by atoms with Crippen LogP contribution in [0.2, 0.25) is 0 Å². The third-order valence-corrected chi connectivity index (χ3v) is 3.73. The minimum absolute atomic E-state index is 0.0969. The largest absolute Gasteiger partial charge is 0.356 e. The zero-order valence-electron chi connectivity index (χ0n) is 14.7. The first kappa shape index (κ1) is 19.9. The van der Waals surface area contributed by atoms with Crippen molar-refractivity contribution in [2.24, 2.45) is 0 Å². The van der Waals surface area contributed by atoms with Crippen molar-refractivity contribution < 1.29 is 9.59 Å². The Kier molecular flexibility index (Phi) is 10.2. The standard InChI is InChI=1S/C18H30N4O2/c1-16(2)18(24)21-11-8-10-20-17(23)9-6-4-3-5-7-13-22-14-12-19-15-22/h12,14-15H,1,3-11,13H2,2H3,(H,20,23)(H,21,24). The van der Waals surface area contributed by atoms with E-state index in [0.29, 0.717) is 25.1 Å². The number of nitrogens with one attached hydrogen (secondary N) is 2. The molecule has 0 radical (unpaired) electrons. The van der Waals surface area contributed by atoms with Gasteiger partial charge in [-0.3, -0.25) is 9.59 Å². The van der Waals surface area contributed by atoms with Gasteiger partial charge in [0, 0.05) is 44.0 Å². The van der Waals surface area contributed by atoms with Gasteiger partial charge < -0.3 is 15.2 Å². The first-order valence-corrected chi connectivity index (χ1v) is 8.75. The molecule has 0 saturated carbocycles. The Morgan fingerprint density at radius 3 is 2.46 bits per heavy atom. The van der Waals surface area contributed by atoms with Crippen molar-refractivity contribution in [3.63, 3.8) is 0 Å². The molecule has 0 aliphatic rings. The van der Waals surface area contributed by atoms with E-state index in [9.17, 15) is 9.59 Å². The van der Waals surface area contributed by atoms with Crippen molar-refractivity contribution in [2.45, 2.75) is 58.4 Å². The van der Waals surface area contributed by atoms with E-state index in [-0.39, 0.29) is 11.8 Å². The average molecular weight is 334 g/mol. The lowest BCUT2D eigenvalue weighted by Gasteiger charge is -2.07. The van der Waals surface area contributed by atoms with Crippen molar-refractivity contribution in [3.8, 4) is 0 Å². The molecule has 0 aliphatic carbocycles. The number of carbonyl (C=O) groups excluding carboxylic acids is 2. The molecule has 24 heavy (non-hydrogen) atoms. The summed E-state index contributed by atoms with van der Waals surface area (Å²) < 4.78 is 2.09. The summed E-state index contributed by atoms with van der Waals surface area (Å²) >= 11 is 0. The first-order chi connectivity index (χ1) is 11.6. The Labute approximate surface area is 144 Å². The van der Waals surface area contributed by atoms with Gasteiger partial charge in [-0.1, -0.05) is 25.8 Å². The topological polar surface area (TPSA) is 76.0 Å². The molecule has 0 saturated heterocycles. The van der Waals surface area contributed by atoms with Crippen LogP contribution in [0.1, 0.15) is 51.9 Å². The van der Waals surface area contributed by atoms with Crippen LogP contribution in [0.4, 0.5) is 0 Å². The number of carbonyl (C=O) groups is 2. The fourth-order valence-electron chi connectivity index (χ4n) is 2.29. The maximum absolute atomic E-state index is 11.7. The minimum atomic E-state index is -0.130. The summed E-state index contributed by atoms with van der Waals surface area (Å²) in [4.78, 5) is 26.9. The molecule has 134 valence electrons. The lowest BCUT2D eigenvalue weighted by Crippen LogP contribution is -2.29. The van der Waals surface area contributed by atoms with E-state index in [1.165, 1.54) is 6.42 Å². The van der Waals surface area contributed by atoms with E-state index in [1.807, 2.05) is 12.5 Å². The van der Waals surface area contributed by atoms with Gasteiger partial charge in [0.25, 0.3) is 0 Å². The predicted octanol–water partition coefficient (Wildman–Crippen LogP) is 2.42. The molecule has 1 rings (SSSR count). The highest BCUT2D eigenvalue weighted by atomic mass is 16.2. The summed E-state index contributed by atoms with van der Waals surface area (Å²) in [5.74, 6) is -0.0333. The number of imidazole rings is 1. The molecule has 6 nitrogen and oxygen atoms in total. The molecule has 0 atom stereocenters. The second-order valence-electron chi connectivity index (χ2n) is 6.06. The van der Waals surface area contributed by atoms with Crippen LogP contribution in [-0.2, 0) is 16.1 Å². The van der Waals surface area contributed by atoms with Crippen LogP contribution in [-0.4, -0.2) is 34.5 Å². The Balaban J connectivity index is 1.86. The molecule has 6 heteroatoms. The van der Waals surface area contributed by atoms with E-state index in [0.717, 1.165) is 38.6 Å². The average Bonchev–Trinajstić information content (AvgIpc) is 3.06. The summed E-state index contributed by atoms with van der Waals surface area (Å²) in [6.07, 6.45) is 12.5. The molecule has 0 unspecified atom stereocenters. The molecule has 0 aliphatic heterocycles. The van der Waals surface area contributed by atoms with E-state index in [4.69, 9.17) is 0 Å². The van der Waals surface area contributed by atoms with Crippen molar-refractivity contribution in [1.29, 1.82) is 0 Å².